The highest BCUT2D eigenvalue weighted by molar-refractivity contribution is 14.0. The maximum absolute atomic E-state index is 4.61. The Morgan fingerprint density at radius 2 is 1.90 bits per heavy atom. The van der Waals surface area contributed by atoms with Crippen molar-refractivity contribution in [2.24, 2.45) is 10.9 Å². The molecule has 2 N–H and O–H groups in total. The van der Waals surface area contributed by atoms with Crippen molar-refractivity contribution in [3.63, 3.8) is 0 Å². The first kappa shape index (κ1) is 22.1. The normalized spacial score (nSPS) is 24.3. The fourth-order valence-electron chi connectivity index (χ4n) is 4.63. The molecule has 29 heavy (non-hydrogen) atoms. The second-order valence-electron chi connectivity index (χ2n) is 8.16. The van der Waals surface area contributed by atoms with E-state index in [-0.39, 0.29) is 30.0 Å². The smallest absolute Gasteiger partial charge is 0.191 e. The number of nitrogens with zero attached hydrogens (tertiary/aromatic N) is 4. The number of rotatable bonds is 4. The van der Waals surface area contributed by atoms with E-state index >= 15 is 0 Å². The zero-order valence-electron chi connectivity index (χ0n) is 17.5. The minimum absolute atomic E-state index is 0. The van der Waals surface area contributed by atoms with Gasteiger partial charge in [-0.3, -0.25) is 4.99 Å². The number of aryl methyl sites for hydroxylation is 2. The molecule has 0 saturated heterocycles. The van der Waals surface area contributed by atoms with Crippen molar-refractivity contribution in [3.8, 4) is 0 Å². The van der Waals surface area contributed by atoms with Gasteiger partial charge in [-0.05, 0) is 62.8 Å². The van der Waals surface area contributed by atoms with Gasteiger partial charge in [0.05, 0.1) is 6.04 Å². The van der Waals surface area contributed by atoms with Gasteiger partial charge in [0.2, 0.25) is 0 Å². The van der Waals surface area contributed by atoms with E-state index in [0.717, 1.165) is 55.4 Å². The predicted octanol–water partition coefficient (Wildman–Crippen LogP) is 4.18. The lowest BCUT2D eigenvalue weighted by atomic mass is 9.79. The number of fused-ring (bicyclic) bond motifs is 1. The number of benzene rings is 1. The average Bonchev–Trinajstić information content (AvgIpc) is 3.13. The first-order valence-electron chi connectivity index (χ1n) is 10.7. The van der Waals surface area contributed by atoms with Gasteiger partial charge < -0.3 is 10.6 Å². The monoisotopic (exact) mass is 508 g/mol. The number of aliphatic imine (C=N–C) groups is 1. The molecule has 1 saturated carbocycles. The van der Waals surface area contributed by atoms with Crippen LogP contribution in [0.3, 0.4) is 0 Å². The maximum Gasteiger partial charge on any atom is 0.191 e. The summed E-state index contributed by atoms with van der Waals surface area (Å²) in [5, 5.41) is 11.6. The van der Waals surface area contributed by atoms with Crippen molar-refractivity contribution < 1.29 is 0 Å². The summed E-state index contributed by atoms with van der Waals surface area (Å²) in [7, 11) is 1.85. The molecule has 7 heteroatoms. The van der Waals surface area contributed by atoms with Crippen LogP contribution >= 0.6 is 24.0 Å². The lowest BCUT2D eigenvalue weighted by Gasteiger charge is -2.30. The first-order chi connectivity index (χ1) is 13.7. The Kier molecular flexibility index (Phi) is 7.91. The fourth-order valence-corrected chi connectivity index (χ4v) is 4.63. The summed E-state index contributed by atoms with van der Waals surface area (Å²) in [6.45, 7) is 3.91. The van der Waals surface area contributed by atoms with Gasteiger partial charge in [0.1, 0.15) is 11.6 Å². The van der Waals surface area contributed by atoms with E-state index in [1.165, 1.54) is 31.2 Å². The molecule has 6 nitrogen and oxygen atoms in total. The summed E-state index contributed by atoms with van der Waals surface area (Å²) in [4.78, 5) is 9.06. The van der Waals surface area contributed by atoms with Crippen LogP contribution in [0.4, 0.5) is 0 Å². The second-order valence-corrected chi connectivity index (χ2v) is 8.16. The molecular formula is C22H33IN6. The molecule has 1 aromatic carbocycles. The van der Waals surface area contributed by atoms with E-state index in [1.807, 2.05) is 18.7 Å². The molecule has 158 valence electrons. The topological polar surface area (TPSA) is 67.1 Å². The standard InChI is InChI=1S/C22H32N6.HI/c1-16-25-21-20(9-6-14-28(21)27-16)26-22(23-2)24-15-17-10-12-19(13-11-17)18-7-4-3-5-8-18;/h3-5,7-8,17,19-20H,6,9-15H2,1-2H3,(H2,23,24,26);1H. The van der Waals surface area contributed by atoms with Crippen LogP contribution in [0.1, 0.15) is 67.7 Å². The van der Waals surface area contributed by atoms with Crippen LogP contribution < -0.4 is 10.6 Å². The number of aromatic nitrogens is 3. The summed E-state index contributed by atoms with van der Waals surface area (Å²) in [5.74, 6) is 4.21. The molecule has 0 amide bonds. The minimum atomic E-state index is 0. The molecule has 2 heterocycles. The van der Waals surface area contributed by atoms with E-state index in [9.17, 15) is 0 Å². The second kappa shape index (κ2) is 10.4. The lowest BCUT2D eigenvalue weighted by Crippen LogP contribution is -2.43. The van der Waals surface area contributed by atoms with Crippen molar-refractivity contribution in [2.75, 3.05) is 13.6 Å². The Hall–Kier alpha value is -1.64. The molecule has 2 aliphatic rings. The van der Waals surface area contributed by atoms with Gasteiger partial charge in [0.25, 0.3) is 0 Å². The Bertz CT molecular complexity index is 795. The van der Waals surface area contributed by atoms with Crippen molar-refractivity contribution in [1.29, 1.82) is 0 Å². The molecule has 1 unspecified atom stereocenters. The Balaban J connectivity index is 0.00000240. The molecule has 0 bridgehead atoms. The Morgan fingerprint density at radius 1 is 1.14 bits per heavy atom. The van der Waals surface area contributed by atoms with E-state index < -0.39 is 0 Å². The Morgan fingerprint density at radius 3 is 2.62 bits per heavy atom. The van der Waals surface area contributed by atoms with Gasteiger partial charge in [-0.1, -0.05) is 30.3 Å². The van der Waals surface area contributed by atoms with Crippen molar-refractivity contribution in [3.05, 3.63) is 47.5 Å². The molecule has 1 aliphatic carbocycles. The predicted molar refractivity (Wildman–Crippen MR) is 128 cm³/mol. The van der Waals surface area contributed by atoms with Gasteiger partial charge in [-0.2, -0.15) is 5.10 Å². The van der Waals surface area contributed by atoms with E-state index in [2.05, 4.69) is 56.0 Å². The number of hydrogen-bond donors (Lipinski definition) is 2. The molecule has 1 aliphatic heterocycles. The molecule has 2 aromatic rings. The highest BCUT2D eigenvalue weighted by Gasteiger charge is 2.25. The number of hydrogen-bond acceptors (Lipinski definition) is 3. The third-order valence-electron chi connectivity index (χ3n) is 6.19. The lowest BCUT2D eigenvalue weighted by molar-refractivity contribution is 0.323. The van der Waals surface area contributed by atoms with Crippen molar-refractivity contribution in [1.82, 2.24) is 25.4 Å². The summed E-state index contributed by atoms with van der Waals surface area (Å²) in [6.07, 6.45) is 7.32. The van der Waals surface area contributed by atoms with Crippen LogP contribution in [0.25, 0.3) is 0 Å². The van der Waals surface area contributed by atoms with Crippen LogP contribution in [-0.4, -0.2) is 34.3 Å². The fraction of sp³-hybridized carbons (Fsp3) is 0.591. The van der Waals surface area contributed by atoms with Crippen molar-refractivity contribution >= 4 is 29.9 Å². The van der Waals surface area contributed by atoms with Crippen LogP contribution in [0, 0.1) is 12.8 Å². The summed E-state index contributed by atoms with van der Waals surface area (Å²) in [5.41, 5.74) is 1.50. The molecule has 1 atom stereocenters. The van der Waals surface area contributed by atoms with Gasteiger partial charge in [0, 0.05) is 20.1 Å². The number of halogens is 1. The van der Waals surface area contributed by atoms with Gasteiger partial charge in [-0.25, -0.2) is 9.67 Å². The molecule has 1 aromatic heterocycles. The average molecular weight is 508 g/mol. The Labute approximate surface area is 191 Å². The van der Waals surface area contributed by atoms with Crippen molar-refractivity contribution in [2.45, 2.75) is 64.0 Å². The zero-order chi connectivity index (χ0) is 19.3. The third-order valence-corrected chi connectivity index (χ3v) is 6.19. The maximum atomic E-state index is 4.61. The minimum Gasteiger partial charge on any atom is -0.356 e. The highest BCUT2D eigenvalue weighted by atomic mass is 127. The number of guanidine groups is 1. The van der Waals surface area contributed by atoms with Gasteiger partial charge in [-0.15, -0.1) is 24.0 Å². The molecule has 1 fully saturated rings. The molecule has 0 spiro atoms. The SMILES string of the molecule is CN=C(NCC1CCC(c2ccccc2)CC1)NC1CCCn2nc(C)nc21.I. The van der Waals surface area contributed by atoms with E-state index in [4.69, 9.17) is 0 Å². The number of nitrogens with one attached hydrogen (secondary N) is 2. The van der Waals surface area contributed by atoms with Crippen LogP contribution in [0.2, 0.25) is 0 Å². The van der Waals surface area contributed by atoms with Gasteiger partial charge >= 0.3 is 0 Å². The summed E-state index contributed by atoms with van der Waals surface area (Å²) in [6, 6.07) is 11.2. The summed E-state index contributed by atoms with van der Waals surface area (Å²) >= 11 is 0. The van der Waals surface area contributed by atoms with Crippen LogP contribution in [-0.2, 0) is 6.54 Å². The third kappa shape index (κ3) is 5.49. The quantitative estimate of drug-likeness (QED) is 0.370. The zero-order valence-corrected chi connectivity index (χ0v) is 19.8. The first-order valence-corrected chi connectivity index (χ1v) is 10.7. The highest BCUT2D eigenvalue weighted by Crippen LogP contribution is 2.35. The largest absolute Gasteiger partial charge is 0.356 e. The molecule has 4 rings (SSSR count). The molecular weight excluding hydrogens is 475 g/mol. The molecule has 0 radical (unpaired) electrons. The van der Waals surface area contributed by atoms with Crippen LogP contribution in [0.15, 0.2) is 35.3 Å². The van der Waals surface area contributed by atoms with E-state index in [0.29, 0.717) is 0 Å². The summed E-state index contributed by atoms with van der Waals surface area (Å²) < 4.78 is 2.04. The van der Waals surface area contributed by atoms with Crippen LogP contribution in [0.5, 0.6) is 0 Å². The van der Waals surface area contributed by atoms with Gasteiger partial charge in [0.15, 0.2) is 5.96 Å². The van der Waals surface area contributed by atoms with E-state index in [1.54, 1.807) is 0 Å².